The van der Waals surface area contributed by atoms with Crippen molar-refractivity contribution in [2.75, 3.05) is 13.1 Å². The molecule has 104 valence electrons. The van der Waals surface area contributed by atoms with Gasteiger partial charge in [-0.15, -0.1) is 0 Å². The maximum Gasteiger partial charge on any atom is 0.410 e. The first-order valence-corrected chi connectivity index (χ1v) is 6.37. The molecule has 2 heterocycles. The molecule has 1 aromatic rings. The smallest absolute Gasteiger partial charge is 0.410 e. The minimum atomic E-state index is -1.50. The summed E-state index contributed by atoms with van der Waals surface area (Å²) < 4.78 is 20.1. The summed E-state index contributed by atoms with van der Waals surface area (Å²) in [6, 6.07) is 3.30. The molecule has 0 aromatic carbocycles. The molecule has 1 atom stereocenters. The van der Waals surface area contributed by atoms with Crippen LogP contribution in [-0.4, -0.2) is 34.7 Å². The fraction of sp³-hybridized carbons (Fsp3) is 0.571. The summed E-state index contributed by atoms with van der Waals surface area (Å²) in [6.07, 6.45) is 2.96. The quantitative estimate of drug-likeness (QED) is 0.785. The molecule has 1 aromatic heterocycles. The highest BCUT2D eigenvalue weighted by atomic mass is 19.1. The van der Waals surface area contributed by atoms with Gasteiger partial charge in [0.25, 0.3) is 0 Å². The monoisotopic (exact) mass is 266 g/mol. The normalized spacial score (nSPS) is 23.5. The van der Waals surface area contributed by atoms with Gasteiger partial charge in [-0.25, -0.2) is 9.18 Å². The summed E-state index contributed by atoms with van der Waals surface area (Å²) >= 11 is 0. The maximum absolute atomic E-state index is 14.8. The van der Waals surface area contributed by atoms with Crippen LogP contribution in [-0.2, 0) is 10.4 Å². The zero-order valence-corrected chi connectivity index (χ0v) is 11.5. The first-order chi connectivity index (χ1) is 8.80. The van der Waals surface area contributed by atoms with Crippen molar-refractivity contribution >= 4 is 6.09 Å². The topological polar surface area (TPSA) is 42.4 Å². The number of carbonyl (C=O) groups is 1. The van der Waals surface area contributed by atoms with Crippen LogP contribution in [0.15, 0.2) is 24.5 Å². The SMILES string of the molecule is CC(C)(C)OC(=O)N1CC[C@](F)(c2ccncc2)C1. The summed E-state index contributed by atoms with van der Waals surface area (Å²) in [6.45, 7) is 5.80. The molecule has 1 fully saturated rings. The van der Waals surface area contributed by atoms with E-state index in [-0.39, 0.29) is 13.0 Å². The number of amides is 1. The van der Waals surface area contributed by atoms with Gasteiger partial charge in [0.05, 0.1) is 6.54 Å². The van der Waals surface area contributed by atoms with Crippen LogP contribution in [0.3, 0.4) is 0 Å². The molecule has 2 rings (SSSR count). The Morgan fingerprint density at radius 1 is 1.42 bits per heavy atom. The lowest BCUT2D eigenvalue weighted by molar-refractivity contribution is 0.0257. The highest BCUT2D eigenvalue weighted by Crippen LogP contribution is 2.36. The van der Waals surface area contributed by atoms with E-state index in [1.165, 1.54) is 4.90 Å². The highest BCUT2D eigenvalue weighted by Gasteiger charge is 2.42. The van der Waals surface area contributed by atoms with Crippen LogP contribution < -0.4 is 0 Å². The first-order valence-electron chi connectivity index (χ1n) is 6.37. The van der Waals surface area contributed by atoms with Crippen molar-refractivity contribution in [3.05, 3.63) is 30.1 Å². The second kappa shape index (κ2) is 4.79. The number of alkyl halides is 1. The minimum absolute atomic E-state index is 0.0337. The molecule has 0 N–H and O–H groups in total. The Bertz CT molecular complexity index is 458. The largest absolute Gasteiger partial charge is 0.444 e. The Labute approximate surface area is 112 Å². The van der Waals surface area contributed by atoms with E-state index >= 15 is 0 Å². The Balaban J connectivity index is 2.06. The number of hydrogen-bond donors (Lipinski definition) is 0. The average molecular weight is 266 g/mol. The van der Waals surface area contributed by atoms with Crippen molar-refractivity contribution in [3.8, 4) is 0 Å². The fourth-order valence-corrected chi connectivity index (χ4v) is 2.14. The van der Waals surface area contributed by atoms with Crippen LogP contribution in [0.4, 0.5) is 9.18 Å². The summed E-state index contributed by atoms with van der Waals surface area (Å²) in [4.78, 5) is 17.2. The predicted octanol–water partition coefficient (Wildman–Crippen LogP) is 2.89. The molecule has 1 saturated heterocycles. The fourth-order valence-electron chi connectivity index (χ4n) is 2.14. The van der Waals surface area contributed by atoms with Gasteiger partial charge in [-0.1, -0.05) is 0 Å². The number of likely N-dealkylation sites (tertiary alicyclic amines) is 1. The van der Waals surface area contributed by atoms with Crippen molar-refractivity contribution in [2.45, 2.75) is 38.5 Å². The highest BCUT2D eigenvalue weighted by molar-refractivity contribution is 5.68. The van der Waals surface area contributed by atoms with Gasteiger partial charge in [-0.3, -0.25) is 4.98 Å². The molecular formula is C14H19FN2O2. The zero-order valence-electron chi connectivity index (χ0n) is 11.5. The zero-order chi connectivity index (χ0) is 14.1. The van der Waals surface area contributed by atoms with Crippen LogP contribution in [0.5, 0.6) is 0 Å². The maximum atomic E-state index is 14.8. The van der Waals surface area contributed by atoms with Crippen LogP contribution >= 0.6 is 0 Å². The van der Waals surface area contributed by atoms with Crippen molar-refractivity contribution in [1.29, 1.82) is 0 Å². The van der Waals surface area contributed by atoms with E-state index in [2.05, 4.69) is 4.98 Å². The number of pyridine rings is 1. The van der Waals surface area contributed by atoms with Crippen LogP contribution in [0.25, 0.3) is 0 Å². The summed E-state index contributed by atoms with van der Waals surface area (Å²) in [5.41, 5.74) is -1.50. The molecular weight excluding hydrogens is 247 g/mol. The molecule has 5 heteroatoms. The van der Waals surface area contributed by atoms with Crippen LogP contribution in [0, 0.1) is 0 Å². The molecule has 1 aliphatic rings. The molecule has 0 bridgehead atoms. The van der Waals surface area contributed by atoms with Crippen LogP contribution in [0.2, 0.25) is 0 Å². The third-order valence-corrected chi connectivity index (χ3v) is 3.07. The standard InChI is InChI=1S/C14H19FN2O2/c1-13(2,3)19-12(18)17-9-6-14(15,10-17)11-4-7-16-8-5-11/h4-5,7-8H,6,9-10H2,1-3H3/t14-/m1/s1. The van der Waals surface area contributed by atoms with Gasteiger partial charge in [0.1, 0.15) is 5.60 Å². The Hall–Kier alpha value is -1.65. The van der Waals surface area contributed by atoms with Crippen molar-refractivity contribution in [1.82, 2.24) is 9.88 Å². The van der Waals surface area contributed by atoms with E-state index in [1.807, 2.05) is 0 Å². The molecule has 0 aliphatic carbocycles. The van der Waals surface area contributed by atoms with Gasteiger partial charge < -0.3 is 9.64 Å². The molecule has 0 unspecified atom stereocenters. The van der Waals surface area contributed by atoms with Gasteiger partial charge in [0.15, 0.2) is 5.67 Å². The molecule has 1 amide bonds. The van der Waals surface area contributed by atoms with E-state index < -0.39 is 17.4 Å². The predicted molar refractivity (Wildman–Crippen MR) is 69.4 cm³/mol. The van der Waals surface area contributed by atoms with E-state index in [1.54, 1.807) is 45.3 Å². The number of rotatable bonds is 1. The van der Waals surface area contributed by atoms with Crippen molar-refractivity contribution < 1.29 is 13.9 Å². The first kappa shape index (κ1) is 13.8. The van der Waals surface area contributed by atoms with E-state index in [0.29, 0.717) is 12.1 Å². The summed E-state index contributed by atoms with van der Waals surface area (Å²) in [7, 11) is 0. The van der Waals surface area contributed by atoms with Crippen LogP contribution in [0.1, 0.15) is 32.8 Å². The molecule has 0 saturated carbocycles. The lowest BCUT2D eigenvalue weighted by Crippen LogP contribution is -2.37. The Morgan fingerprint density at radius 3 is 2.63 bits per heavy atom. The number of hydrogen-bond acceptors (Lipinski definition) is 3. The second-order valence-electron chi connectivity index (χ2n) is 5.85. The average Bonchev–Trinajstić information content (AvgIpc) is 2.73. The van der Waals surface area contributed by atoms with E-state index in [4.69, 9.17) is 4.74 Å². The molecule has 19 heavy (non-hydrogen) atoms. The van der Waals surface area contributed by atoms with Crippen molar-refractivity contribution in [2.24, 2.45) is 0 Å². The van der Waals surface area contributed by atoms with Gasteiger partial charge in [-0.2, -0.15) is 0 Å². The van der Waals surface area contributed by atoms with Gasteiger partial charge in [-0.05, 0) is 38.5 Å². The number of ether oxygens (including phenoxy) is 1. The molecule has 0 spiro atoms. The second-order valence-corrected chi connectivity index (χ2v) is 5.85. The number of carbonyl (C=O) groups excluding carboxylic acids is 1. The lowest BCUT2D eigenvalue weighted by Gasteiger charge is -2.25. The summed E-state index contributed by atoms with van der Waals surface area (Å²) in [5, 5.41) is 0. The minimum Gasteiger partial charge on any atom is -0.444 e. The Morgan fingerprint density at radius 2 is 2.05 bits per heavy atom. The third-order valence-electron chi connectivity index (χ3n) is 3.07. The number of aromatic nitrogens is 1. The number of halogens is 1. The third kappa shape index (κ3) is 3.22. The van der Waals surface area contributed by atoms with Gasteiger partial charge in [0.2, 0.25) is 0 Å². The van der Waals surface area contributed by atoms with Crippen molar-refractivity contribution in [3.63, 3.8) is 0 Å². The lowest BCUT2D eigenvalue weighted by atomic mass is 9.96. The molecule has 0 radical (unpaired) electrons. The van der Waals surface area contributed by atoms with E-state index in [9.17, 15) is 9.18 Å². The van der Waals surface area contributed by atoms with Gasteiger partial charge in [0, 0.05) is 25.4 Å². The molecule has 4 nitrogen and oxygen atoms in total. The van der Waals surface area contributed by atoms with E-state index in [0.717, 1.165) is 0 Å². The Kier molecular flexibility index (Phi) is 3.47. The van der Waals surface area contributed by atoms with Gasteiger partial charge >= 0.3 is 6.09 Å². The number of nitrogens with zero attached hydrogens (tertiary/aromatic N) is 2. The molecule has 1 aliphatic heterocycles. The summed E-state index contributed by atoms with van der Waals surface area (Å²) in [5.74, 6) is 0.